The molecule has 0 aliphatic carbocycles. The number of carboxylic acid groups (broad SMARTS) is 1. The van der Waals surface area contributed by atoms with Crippen molar-refractivity contribution in [3.8, 4) is 0 Å². The minimum atomic E-state index is -0.964. The maximum absolute atomic E-state index is 12.7. The normalized spacial score (nSPS) is 15.2. The minimum Gasteiger partial charge on any atom is -0.465 e. The van der Waals surface area contributed by atoms with E-state index in [0.717, 1.165) is 0 Å². The number of hydrogen-bond acceptors (Lipinski definition) is 6. The first-order valence-corrected chi connectivity index (χ1v) is 9.42. The molecule has 0 radical (unpaired) electrons. The number of pyridine rings is 1. The maximum atomic E-state index is 12.7. The van der Waals surface area contributed by atoms with Crippen molar-refractivity contribution in [2.75, 3.05) is 25.5 Å². The highest BCUT2D eigenvalue weighted by Crippen LogP contribution is 2.22. The van der Waals surface area contributed by atoms with Crippen molar-refractivity contribution in [1.29, 1.82) is 0 Å². The molecule has 2 heterocycles. The van der Waals surface area contributed by atoms with E-state index in [-0.39, 0.29) is 24.0 Å². The number of carbonyl (C=O) groups is 3. The van der Waals surface area contributed by atoms with Gasteiger partial charge in [-0.2, -0.15) is 0 Å². The van der Waals surface area contributed by atoms with E-state index in [0.29, 0.717) is 42.3 Å². The van der Waals surface area contributed by atoms with Crippen LogP contribution in [0.25, 0.3) is 0 Å². The Morgan fingerprint density at radius 3 is 2.54 bits per heavy atom. The lowest BCUT2D eigenvalue weighted by Gasteiger charge is -2.31. The summed E-state index contributed by atoms with van der Waals surface area (Å²) in [5.74, 6) is -0.601. The van der Waals surface area contributed by atoms with Crippen molar-refractivity contribution in [2.45, 2.75) is 38.6 Å². The zero-order valence-corrected chi connectivity index (χ0v) is 17.0. The van der Waals surface area contributed by atoms with Gasteiger partial charge in [0.1, 0.15) is 5.15 Å². The van der Waals surface area contributed by atoms with Gasteiger partial charge in [0.05, 0.1) is 5.56 Å². The van der Waals surface area contributed by atoms with Gasteiger partial charge in [-0.05, 0) is 32.8 Å². The summed E-state index contributed by atoms with van der Waals surface area (Å²) >= 11 is 5.86. The monoisotopic (exact) mass is 411 g/mol. The highest BCUT2D eigenvalue weighted by atomic mass is 35.5. The number of amides is 2. The van der Waals surface area contributed by atoms with Crippen LogP contribution in [0.3, 0.4) is 0 Å². The highest BCUT2D eigenvalue weighted by molar-refractivity contribution is 6.29. The SMILES string of the molecule is CNc1cc(Cl)ncc1C(=O)CC(C)(C)NNC(=O)C1CCN(C(=O)O)CC1. The Bertz CT molecular complexity index is 747. The van der Waals surface area contributed by atoms with Gasteiger partial charge in [-0.3, -0.25) is 15.0 Å². The summed E-state index contributed by atoms with van der Waals surface area (Å²) in [6.07, 6.45) is 1.54. The molecule has 28 heavy (non-hydrogen) atoms. The van der Waals surface area contributed by atoms with E-state index in [1.807, 2.05) is 0 Å². The number of likely N-dealkylation sites (tertiary alicyclic amines) is 1. The zero-order chi connectivity index (χ0) is 20.9. The number of ketones is 1. The van der Waals surface area contributed by atoms with Crippen LogP contribution < -0.4 is 16.2 Å². The van der Waals surface area contributed by atoms with E-state index in [1.54, 1.807) is 27.0 Å². The first-order valence-electron chi connectivity index (χ1n) is 9.04. The van der Waals surface area contributed by atoms with Gasteiger partial charge in [-0.25, -0.2) is 15.2 Å². The Hall–Kier alpha value is -2.39. The molecule has 1 aromatic rings. The summed E-state index contributed by atoms with van der Waals surface area (Å²) in [7, 11) is 1.70. The molecule has 9 nitrogen and oxygen atoms in total. The molecule has 1 aromatic heterocycles. The molecule has 0 bridgehead atoms. The van der Waals surface area contributed by atoms with Gasteiger partial charge in [0, 0.05) is 49.9 Å². The van der Waals surface area contributed by atoms with E-state index in [1.165, 1.54) is 11.1 Å². The fourth-order valence-corrected chi connectivity index (χ4v) is 3.22. The quantitative estimate of drug-likeness (QED) is 0.308. The molecule has 154 valence electrons. The fraction of sp³-hybridized carbons (Fsp3) is 0.556. The van der Waals surface area contributed by atoms with Crippen LogP contribution in [0.2, 0.25) is 5.15 Å². The number of nitrogens with zero attached hydrogens (tertiary/aromatic N) is 2. The molecule has 0 atom stereocenters. The number of rotatable bonds is 7. The molecule has 10 heteroatoms. The van der Waals surface area contributed by atoms with Crippen molar-refractivity contribution in [3.05, 3.63) is 23.0 Å². The van der Waals surface area contributed by atoms with Crippen LogP contribution >= 0.6 is 11.6 Å². The van der Waals surface area contributed by atoms with Gasteiger partial charge in [0.25, 0.3) is 0 Å². The summed E-state index contributed by atoms with van der Waals surface area (Å²) in [5.41, 5.74) is 5.92. The molecule has 0 spiro atoms. The van der Waals surface area contributed by atoms with Crippen molar-refractivity contribution in [1.82, 2.24) is 20.7 Å². The van der Waals surface area contributed by atoms with Gasteiger partial charge >= 0.3 is 6.09 Å². The summed E-state index contributed by atoms with van der Waals surface area (Å²) in [6.45, 7) is 4.29. The first-order chi connectivity index (χ1) is 13.1. The maximum Gasteiger partial charge on any atom is 0.407 e. The Morgan fingerprint density at radius 2 is 1.96 bits per heavy atom. The Labute approximate surface area is 168 Å². The second-order valence-corrected chi connectivity index (χ2v) is 7.83. The molecule has 2 rings (SSSR count). The molecule has 1 saturated heterocycles. The van der Waals surface area contributed by atoms with Crippen molar-refractivity contribution >= 4 is 35.1 Å². The lowest BCUT2D eigenvalue weighted by Crippen LogP contribution is -2.54. The molecule has 4 N–H and O–H groups in total. The Morgan fingerprint density at radius 1 is 1.32 bits per heavy atom. The molecule has 0 saturated carbocycles. The third kappa shape index (κ3) is 5.80. The van der Waals surface area contributed by atoms with Gasteiger partial charge in [0.15, 0.2) is 5.78 Å². The number of halogens is 1. The predicted octanol–water partition coefficient (Wildman–Crippen LogP) is 2.14. The van der Waals surface area contributed by atoms with E-state index in [9.17, 15) is 14.4 Å². The Balaban J connectivity index is 1.89. The number of hydrazine groups is 1. The van der Waals surface area contributed by atoms with Crippen LogP contribution in [-0.4, -0.2) is 58.5 Å². The van der Waals surface area contributed by atoms with Crippen molar-refractivity contribution < 1.29 is 19.5 Å². The summed E-state index contributed by atoms with van der Waals surface area (Å²) in [4.78, 5) is 41.2. The molecule has 0 aromatic carbocycles. The molecular weight excluding hydrogens is 386 g/mol. The number of carbonyl (C=O) groups excluding carboxylic acids is 2. The molecule has 1 fully saturated rings. The topological polar surface area (TPSA) is 124 Å². The van der Waals surface area contributed by atoms with Gasteiger partial charge in [-0.1, -0.05) is 11.6 Å². The Kier molecular flexibility index (Phi) is 7.20. The first kappa shape index (κ1) is 21.9. The van der Waals surface area contributed by atoms with Crippen molar-refractivity contribution in [3.63, 3.8) is 0 Å². The van der Waals surface area contributed by atoms with Crippen LogP contribution in [-0.2, 0) is 4.79 Å². The molecular formula is C18H26ClN5O4. The van der Waals surface area contributed by atoms with Gasteiger partial charge in [-0.15, -0.1) is 0 Å². The number of Topliss-reactive ketones (excluding diaryl/α,β-unsaturated/α-hetero) is 1. The summed E-state index contributed by atoms with van der Waals surface area (Å²) < 4.78 is 0. The second-order valence-electron chi connectivity index (χ2n) is 7.44. The van der Waals surface area contributed by atoms with Crippen LogP contribution in [0.5, 0.6) is 0 Å². The zero-order valence-electron chi connectivity index (χ0n) is 16.2. The second kappa shape index (κ2) is 9.20. The third-order valence-corrected chi connectivity index (χ3v) is 4.91. The largest absolute Gasteiger partial charge is 0.465 e. The van der Waals surface area contributed by atoms with Crippen LogP contribution in [0.1, 0.15) is 43.5 Å². The number of aromatic nitrogens is 1. The lowest BCUT2D eigenvalue weighted by atomic mass is 9.94. The molecule has 2 amide bonds. The highest BCUT2D eigenvalue weighted by Gasteiger charge is 2.29. The average Bonchev–Trinajstić information content (AvgIpc) is 2.65. The third-order valence-electron chi connectivity index (χ3n) is 4.70. The minimum absolute atomic E-state index is 0.128. The average molecular weight is 412 g/mol. The van der Waals surface area contributed by atoms with E-state index < -0.39 is 11.6 Å². The lowest BCUT2D eigenvalue weighted by molar-refractivity contribution is -0.128. The van der Waals surface area contributed by atoms with Crippen LogP contribution in [0, 0.1) is 5.92 Å². The van der Waals surface area contributed by atoms with Crippen LogP contribution in [0.15, 0.2) is 12.3 Å². The molecule has 1 aliphatic heterocycles. The fourth-order valence-electron chi connectivity index (χ4n) is 3.07. The number of anilines is 1. The standard InChI is InChI=1S/C18H26ClN5O4/c1-18(2,9-14(25)12-10-21-15(19)8-13(12)20-3)23-22-16(26)11-4-6-24(7-5-11)17(27)28/h8,10-11,23H,4-7,9H2,1-3H3,(H,20,21)(H,22,26)(H,27,28). The van der Waals surface area contributed by atoms with E-state index >= 15 is 0 Å². The summed E-state index contributed by atoms with van der Waals surface area (Å²) in [6, 6.07) is 1.58. The van der Waals surface area contributed by atoms with E-state index in [2.05, 4.69) is 21.2 Å². The number of nitrogens with one attached hydrogen (secondary N) is 3. The van der Waals surface area contributed by atoms with Crippen molar-refractivity contribution in [2.24, 2.45) is 5.92 Å². The molecule has 0 unspecified atom stereocenters. The van der Waals surface area contributed by atoms with Crippen LogP contribution in [0.4, 0.5) is 10.5 Å². The van der Waals surface area contributed by atoms with Gasteiger partial charge < -0.3 is 15.3 Å². The van der Waals surface area contributed by atoms with Gasteiger partial charge in [0.2, 0.25) is 5.91 Å². The predicted molar refractivity (Wildman–Crippen MR) is 105 cm³/mol. The van der Waals surface area contributed by atoms with E-state index in [4.69, 9.17) is 16.7 Å². The molecule has 1 aliphatic rings. The summed E-state index contributed by atoms with van der Waals surface area (Å²) in [5, 5.41) is 12.2. The smallest absolute Gasteiger partial charge is 0.407 e. The number of piperidine rings is 1. The number of hydrogen-bond donors (Lipinski definition) is 4.